The maximum Gasteiger partial charge on any atom is 0.251 e. The molecule has 2 rings (SSSR count). The van der Waals surface area contributed by atoms with Gasteiger partial charge in [0.25, 0.3) is 5.91 Å². The van der Waals surface area contributed by atoms with Gasteiger partial charge in [0.1, 0.15) is 0 Å². The molecule has 0 saturated carbocycles. The van der Waals surface area contributed by atoms with Crippen molar-refractivity contribution in [3.63, 3.8) is 0 Å². The van der Waals surface area contributed by atoms with Crippen LogP contribution in [0.25, 0.3) is 0 Å². The molecule has 1 aromatic heterocycles. The summed E-state index contributed by atoms with van der Waals surface area (Å²) in [5.41, 5.74) is 2.70. The summed E-state index contributed by atoms with van der Waals surface area (Å²) in [5, 5.41) is 11.4. The third-order valence-electron chi connectivity index (χ3n) is 4.07. The highest BCUT2D eigenvalue weighted by molar-refractivity contribution is 6.00. The number of rotatable bonds is 6. The number of aromatic nitrogens is 1. The summed E-state index contributed by atoms with van der Waals surface area (Å²) in [6.07, 6.45) is 4.45. The van der Waals surface area contributed by atoms with Crippen LogP contribution in [0, 0.1) is 12.3 Å². The van der Waals surface area contributed by atoms with E-state index in [0.717, 1.165) is 17.5 Å². The number of amides is 1. The van der Waals surface area contributed by atoms with E-state index in [1.54, 1.807) is 24.5 Å². The zero-order valence-electron chi connectivity index (χ0n) is 19.9. The van der Waals surface area contributed by atoms with Crippen LogP contribution in [0.1, 0.15) is 89.7 Å². The molecule has 1 heterocycles. The molecule has 0 aliphatic carbocycles. The third kappa shape index (κ3) is 10.6. The fourth-order valence-corrected chi connectivity index (χ4v) is 2.43. The van der Waals surface area contributed by atoms with Crippen molar-refractivity contribution in [3.8, 4) is 0 Å². The molecule has 1 aromatic carbocycles. The van der Waals surface area contributed by atoms with E-state index < -0.39 is 5.54 Å². The summed E-state index contributed by atoms with van der Waals surface area (Å²) >= 11 is 0. The molecule has 4 nitrogen and oxygen atoms in total. The Labute approximate surface area is 178 Å². The van der Waals surface area contributed by atoms with Gasteiger partial charge in [-0.2, -0.15) is 0 Å². The van der Waals surface area contributed by atoms with Crippen molar-refractivity contribution in [2.24, 2.45) is 0 Å². The van der Waals surface area contributed by atoms with E-state index in [2.05, 4.69) is 10.3 Å². The molecule has 0 saturated heterocycles. The Hall–Kier alpha value is -2.49. The highest BCUT2D eigenvalue weighted by Gasteiger charge is 2.27. The summed E-state index contributed by atoms with van der Waals surface area (Å²) in [6.45, 7) is 18.0. The van der Waals surface area contributed by atoms with Crippen LogP contribution in [0.2, 0.25) is 0 Å². The second-order valence-corrected chi connectivity index (χ2v) is 6.13. The van der Waals surface area contributed by atoms with Gasteiger partial charge < -0.3 is 10.7 Å². The lowest BCUT2D eigenvalue weighted by molar-refractivity contribution is 0.0906. The van der Waals surface area contributed by atoms with Gasteiger partial charge in [-0.1, -0.05) is 78.3 Å². The second-order valence-electron chi connectivity index (χ2n) is 6.13. The van der Waals surface area contributed by atoms with Crippen LogP contribution in [-0.4, -0.2) is 22.1 Å². The minimum Gasteiger partial charge on any atom is -0.346 e. The van der Waals surface area contributed by atoms with Gasteiger partial charge in [0.05, 0.1) is 0 Å². The van der Waals surface area contributed by atoms with E-state index in [9.17, 15) is 4.79 Å². The summed E-state index contributed by atoms with van der Waals surface area (Å²) in [4.78, 5) is 16.3. The molecule has 1 amide bonds. The number of nitrogens with zero attached hydrogens (tertiary/aromatic N) is 1. The number of hydrogen-bond acceptors (Lipinski definition) is 3. The van der Waals surface area contributed by atoms with Gasteiger partial charge in [0.15, 0.2) is 0 Å². The summed E-state index contributed by atoms with van der Waals surface area (Å²) in [5.74, 6) is -0.131. The Balaban J connectivity index is 0. The first-order valence-corrected chi connectivity index (χ1v) is 10.8. The fraction of sp³-hybridized carbons (Fsp3) is 0.480. The molecule has 1 unspecified atom stereocenters. The SMILES string of the molecule is CC.CC.CC.CCC(C)(CC(=N)c1cccc(C)c1)NC(=O)c1ccncc1. The van der Waals surface area contributed by atoms with E-state index in [1.807, 2.05) is 86.6 Å². The zero-order valence-corrected chi connectivity index (χ0v) is 19.9. The molecular weight excluding hydrogens is 358 g/mol. The maximum atomic E-state index is 12.4. The van der Waals surface area contributed by atoms with Crippen molar-refractivity contribution in [1.82, 2.24) is 10.3 Å². The van der Waals surface area contributed by atoms with E-state index >= 15 is 0 Å². The molecule has 2 N–H and O–H groups in total. The molecule has 0 aliphatic rings. The fourth-order valence-electron chi connectivity index (χ4n) is 2.43. The van der Waals surface area contributed by atoms with Gasteiger partial charge >= 0.3 is 0 Å². The molecule has 29 heavy (non-hydrogen) atoms. The number of carbonyl (C=O) groups is 1. The molecular formula is C25H41N3O. The molecule has 0 aliphatic heterocycles. The Bertz CT molecular complexity index is 698. The molecule has 1 atom stereocenters. The third-order valence-corrected chi connectivity index (χ3v) is 4.07. The van der Waals surface area contributed by atoms with Crippen LogP contribution in [0.4, 0.5) is 0 Å². The molecule has 0 radical (unpaired) electrons. The average Bonchev–Trinajstić information content (AvgIpc) is 2.78. The second kappa shape index (κ2) is 16.5. The van der Waals surface area contributed by atoms with E-state index in [-0.39, 0.29) is 5.91 Å². The number of benzene rings is 1. The van der Waals surface area contributed by atoms with Crippen molar-refractivity contribution in [1.29, 1.82) is 5.41 Å². The Morgan fingerprint density at radius 3 is 2.03 bits per heavy atom. The zero-order chi connectivity index (χ0) is 22.9. The smallest absolute Gasteiger partial charge is 0.251 e. The Morgan fingerprint density at radius 1 is 1.00 bits per heavy atom. The molecule has 0 fully saturated rings. The first kappa shape index (κ1) is 28.7. The van der Waals surface area contributed by atoms with Gasteiger partial charge in [-0.3, -0.25) is 9.78 Å². The van der Waals surface area contributed by atoms with Crippen molar-refractivity contribution < 1.29 is 4.79 Å². The van der Waals surface area contributed by atoms with Gasteiger partial charge in [0.2, 0.25) is 0 Å². The average molecular weight is 400 g/mol. The monoisotopic (exact) mass is 399 g/mol. The normalized spacial score (nSPS) is 11.1. The summed E-state index contributed by atoms with van der Waals surface area (Å²) in [6, 6.07) is 11.3. The van der Waals surface area contributed by atoms with Crippen LogP contribution >= 0.6 is 0 Å². The quantitative estimate of drug-likeness (QED) is 0.523. The van der Waals surface area contributed by atoms with Crippen LogP contribution in [0.15, 0.2) is 48.8 Å². The van der Waals surface area contributed by atoms with E-state index in [4.69, 9.17) is 5.41 Å². The Morgan fingerprint density at radius 2 is 1.55 bits per heavy atom. The lowest BCUT2D eigenvalue weighted by Crippen LogP contribution is -2.47. The van der Waals surface area contributed by atoms with Crippen molar-refractivity contribution >= 4 is 11.6 Å². The van der Waals surface area contributed by atoms with Crippen molar-refractivity contribution in [2.45, 2.75) is 80.7 Å². The molecule has 2 aromatic rings. The predicted molar refractivity (Wildman–Crippen MR) is 127 cm³/mol. The standard InChI is InChI=1S/C19H23N3O.3C2H6/c1-4-19(3,22-18(23)15-8-10-21-11-9-15)13-17(20)16-7-5-6-14(2)12-16;3*1-2/h5-12,20H,4,13H2,1-3H3,(H,22,23);3*1-2H3. The maximum absolute atomic E-state index is 12.4. The number of pyridine rings is 1. The van der Waals surface area contributed by atoms with Gasteiger partial charge in [0, 0.05) is 35.6 Å². The predicted octanol–water partition coefficient (Wildman–Crippen LogP) is 6.83. The van der Waals surface area contributed by atoms with Crippen LogP contribution in [0.5, 0.6) is 0 Å². The van der Waals surface area contributed by atoms with Crippen LogP contribution in [-0.2, 0) is 0 Å². The molecule has 0 spiro atoms. The van der Waals surface area contributed by atoms with E-state index in [1.165, 1.54) is 0 Å². The first-order valence-electron chi connectivity index (χ1n) is 10.8. The lowest BCUT2D eigenvalue weighted by Gasteiger charge is -2.30. The van der Waals surface area contributed by atoms with Gasteiger partial charge in [-0.15, -0.1) is 0 Å². The van der Waals surface area contributed by atoms with Gasteiger partial charge in [-0.05, 0) is 38.0 Å². The number of aryl methyl sites for hydroxylation is 1. The minimum atomic E-state index is -0.457. The number of nitrogens with one attached hydrogen (secondary N) is 2. The van der Waals surface area contributed by atoms with Crippen LogP contribution < -0.4 is 5.32 Å². The molecule has 162 valence electrons. The minimum absolute atomic E-state index is 0.131. The molecule has 4 heteroatoms. The highest BCUT2D eigenvalue weighted by atomic mass is 16.1. The first-order chi connectivity index (χ1) is 13.9. The van der Waals surface area contributed by atoms with Crippen molar-refractivity contribution in [2.75, 3.05) is 0 Å². The van der Waals surface area contributed by atoms with E-state index in [0.29, 0.717) is 17.7 Å². The van der Waals surface area contributed by atoms with Gasteiger partial charge in [-0.25, -0.2) is 0 Å². The highest BCUT2D eigenvalue weighted by Crippen LogP contribution is 2.19. The number of hydrogen-bond donors (Lipinski definition) is 2. The van der Waals surface area contributed by atoms with Crippen LogP contribution in [0.3, 0.4) is 0 Å². The largest absolute Gasteiger partial charge is 0.346 e. The summed E-state index contributed by atoms with van der Waals surface area (Å²) in [7, 11) is 0. The Kier molecular flexibility index (Phi) is 16.3. The topological polar surface area (TPSA) is 65.8 Å². The lowest BCUT2D eigenvalue weighted by atomic mass is 9.88. The van der Waals surface area contributed by atoms with Crippen molar-refractivity contribution in [3.05, 3.63) is 65.5 Å². The molecule has 0 bridgehead atoms. The number of carbonyl (C=O) groups excluding carboxylic acids is 1. The summed E-state index contributed by atoms with van der Waals surface area (Å²) < 4.78 is 0.